The van der Waals surface area contributed by atoms with Crippen LogP contribution in [0.2, 0.25) is 0 Å². The van der Waals surface area contributed by atoms with Crippen LogP contribution in [0.4, 0.5) is 0 Å². The molecule has 0 unspecified atom stereocenters. The smallest absolute Gasteiger partial charge is 1.00 e. The van der Waals surface area contributed by atoms with E-state index < -0.39 is 36.3 Å². The van der Waals surface area contributed by atoms with Gasteiger partial charge in [-0.3, -0.25) is 14.3 Å². The molecule has 3 atom stereocenters. The van der Waals surface area contributed by atoms with Crippen molar-refractivity contribution in [2.24, 2.45) is 0 Å². The van der Waals surface area contributed by atoms with Crippen molar-refractivity contribution in [2.45, 2.75) is 24.9 Å². The van der Waals surface area contributed by atoms with E-state index in [1.54, 1.807) is 0 Å². The number of nitrogens with one attached hydrogen (secondary N) is 1. The molecule has 0 spiro atoms. The van der Waals surface area contributed by atoms with Crippen LogP contribution in [0.1, 0.15) is 12.6 Å². The van der Waals surface area contributed by atoms with E-state index in [1.165, 1.54) is 12.3 Å². The molecule has 0 radical (unpaired) electrons. The van der Waals surface area contributed by atoms with Gasteiger partial charge < -0.3 is 27.4 Å². The standard InChI is InChI=1S/C9H11N2O5.ClH.Mg/c12-4-6-5(13)3-8(16-6)11-2-1-7(14)10-9(11)15;;/h1-2,5-6,8,13H,3-4H2,(H,10,14,15);1H;/q-1;;+2/p-1/t5-,6+,8+;;/m0../s1. The molecule has 1 saturated heterocycles. The van der Waals surface area contributed by atoms with Crippen LogP contribution in [0.25, 0.3) is 0 Å². The summed E-state index contributed by atoms with van der Waals surface area (Å²) in [4.78, 5) is 24.3. The molecule has 0 aliphatic carbocycles. The number of hydrogen-bond acceptors (Lipinski definition) is 5. The summed E-state index contributed by atoms with van der Waals surface area (Å²) in [6, 6.07) is 1.18. The molecule has 96 valence electrons. The van der Waals surface area contributed by atoms with Crippen molar-refractivity contribution < 1.29 is 27.4 Å². The molecule has 0 bridgehead atoms. The fourth-order valence-corrected chi connectivity index (χ4v) is 1.69. The van der Waals surface area contributed by atoms with E-state index in [0.717, 1.165) is 4.57 Å². The van der Waals surface area contributed by atoms with Gasteiger partial charge in [0.1, 0.15) is 6.23 Å². The zero-order valence-corrected chi connectivity index (χ0v) is 11.6. The van der Waals surface area contributed by atoms with E-state index in [4.69, 9.17) is 4.74 Å². The van der Waals surface area contributed by atoms with Crippen LogP contribution in [-0.4, -0.2) is 56.5 Å². The normalized spacial score (nSPS) is 26.2. The first-order valence-corrected chi connectivity index (χ1v) is 4.85. The number of aromatic nitrogens is 2. The topological polar surface area (TPSA) is 107 Å². The zero-order valence-electron chi connectivity index (χ0n) is 9.41. The first-order chi connectivity index (χ1) is 7.61. The van der Waals surface area contributed by atoms with Crippen molar-refractivity contribution in [2.75, 3.05) is 6.61 Å². The number of H-pyrrole nitrogens is 1. The fraction of sp³-hybridized carbons (Fsp3) is 0.556. The fourth-order valence-electron chi connectivity index (χ4n) is 1.69. The second-order valence-electron chi connectivity index (χ2n) is 3.62. The van der Waals surface area contributed by atoms with Crippen molar-refractivity contribution in [3.63, 3.8) is 0 Å². The number of rotatable bonds is 2. The molecule has 1 aliphatic heterocycles. The van der Waals surface area contributed by atoms with Crippen molar-refractivity contribution in [3.05, 3.63) is 33.1 Å². The first-order valence-electron chi connectivity index (χ1n) is 4.85. The molecule has 7 nitrogen and oxygen atoms in total. The third-order valence-corrected chi connectivity index (χ3v) is 2.53. The molecule has 1 aromatic rings. The molecular weight excluding hydrogens is 276 g/mol. The van der Waals surface area contributed by atoms with Crippen LogP contribution < -0.4 is 28.8 Å². The number of halogens is 1. The van der Waals surface area contributed by atoms with E-state index in [9.17, 15) is 19.8 Å². The third-order valence-electron chi connectivity index (χ3n) is 2.53. The molecule has 1 aromatic heterocycles. The van der Waals surface area contributed by atoms with Crippen LogP contribution in [0, 0.1) is 0 Å². The Kier molecular flexibility index (Phi) is 7.11. The Bertz CT molecular complexity index is 490. The summed E-state index contributed by atoms with van der Waals surface area (Å²) in [5.74, 6) is 0. The molecule has 0 amide bonds. The van der Waals surface area contributed by atoms with Gasteiger partial charge in [0, 0.05) is 18.7 Å². The Balaban J connectivity index is 0.00000144. The molecule has 2 rings (SSSR count). The van der Waals surface area contributed by atoms with Gasteiger partial charge in [-0.1, -0.05) is 0 Å². The second kappa shape index (κ2) is 7.27. The minimum atomic E-state index is -0.874. The summed E-state index contributed by atoms with van der Waals surface area (Å²) < 4.78 is 6.36. The monoisotopic (exact) mass is 286 g/mol. The van der Waals surface area contributed by atoms with Crippen molar-refractivity contribution >= 4 is 23.1 Å². The summed E-state index contributed by atoms with van der Waals surface area (Å²) in [6.07, 6.45) is -0.923. The van der Waals surface area contributed by atoms with Gasteiger partial charge in [0.15, 0.2) is 0 Å². The Hall–Kier alpha value is -0.384. The molecule has 2 heterocycles. The summed E-state index contributed by atoms with van der Waals surface area (Å²) in [5, 5.41) is 20.1. The quantitative estimate of drug-likeness (QED) is 0.527. The van der Waals surface area contributed by atoms with E-state index in [-0.39, 0.29) is 41.9 Å². The largest absolute Gasteiger partial charge is 2.00 e. The minimum Gasteiger partial charge on any atom is -1.00 e. The first kappa shape index (κ1) is 17.6. The predicted octanol–water partition coefficient (Wildman–Crippen LogP) is -5.83. The van der Waals surface area contributed by atoms with Crippen LogP contribution in [0.3, 0.4) is 0 Å². The van der Waals surface area contributed by atoms with Crippen LogP contribution in [-0.2, 0) is 4.74 Å². The van der Waals surface area contributed by atoms with Gasteiger partial charge in [0.05, 0.1) is 12.2 Å². The SMILES string of the molecule is O=c1ccn([C@H]2C[C@H](O)[C@@H](C[O-])O2)c(=O)[nH]1.[Cl-].[Mg+2]. The summed E-state index contributed by atoms with van der Waals surface area (Å²) in [6.45, 7) is -0.560. The van der Waals surface area contributed by atoms with Gasteiger partial charge in [-0.05, 0) is 0 Å². The molecule has 1 aliphatic rings. The Labute approximate surface area is 124 Å². The van der Waals surface area contributed by atoms with Crippen molar-refractivity contribution in [1.29, 1.82) is 0 Å². The van der Waals surface area contributed by atoms with Gasteiger partial charge >= 0.3 is 28.7 Å². The van der Waals surface area contributed by atoms with Crippen LogP contribution in [0.15, 0.2) is 21.9 Å². The van der Waals surface area contributed by atoms with Crippen molar-refractivity contribution in [3.8, 4) is 0 Å². The van der Waals surface area contributed by atoms with Crippen molar-refractivity contribution in [1.82, 2.24) is 9.55 Å². The average Bonchev–Trinajstić information content (AvgIpc) is 2.59. The number of nitrogens with zero attached hydrogens (tertiary/aromatic N) is 1. The summed E-state index contributed by atoms with van der Waals surface area (Å²) in [5.41, 5.74) is -1.11. The molecule has 0 saturated carbocycles. The van der Waals surface area contributed by atoms with Crippen LogP contribution >= 0.6 is 0 Å². The number of aliphatic hydroxyl groups is 1. The van der Waals surface area contributed by atoms with Gasteiger partial charge in [-0.25, -0.2) is 4.79 Å². The van der Waals surface area contributed by atoms with E-state index >= 15 is 0 Å². The number of aliphatic hydroxyl groups excluding tert-OH is 1. The molecule has 2 N–H and O–H groups in total. The van der Waals surface area contributed by atoms with Gasteiger partial charge in [-0.15, -0.1) is 6.61 Å². The van der Waals surface area contributed by atoms with E-state index in [0.29, 0.717) is 0 Å². The molecule has 9 heteroatoms. The van der Waals surface area contributed by atoms with E-state index in [2.05, 4.69) is 4.98 Å². The maximum Gasteiger partial charge on any atom is 2.00 e. The third kappa shape index (κ3) is 3.56. The number of ether oxygens (including phenoxy) is 1. The zero-order chi connectivity index (χ0) is 11.7. The summed E-state index contributed by atoms with van der Waals surface area (Å²) >= 11 is 0. The number of hydrogen-bond donors (Lipinski definition) is 2. The molecule has 18 heavy (non-hydrogen) atoms. The van der Waals surface area contributed by atoms with E-state index in [1.807, 2.05) is 0 Å². The number of aromatic amines is 1. The molecule has 0 aromatic carbocycles. The van der Waals surface area contributed by atoms with Gasteiger partial charge in [0.2, 0.25) is 0 Å². The maximum atomic E-state index is 11.4. The Morgan fingerprint density at radius 2 is 2.22 bits per heavy atom. The molecular formula is C9H11ClMgN2O5. The predicted molar refractivity (Wildman–Crippen MR) is 56.5 cm³/mol. The average molecular weight is 287 g/mol. The van der Waals surface area contributed by atoms with Crippen LogP contribution in [0.5, 0.6) is 0 Å². The Morgan fingerprint density at radius 1 is 1.56 bits per heavy atom. The van der Waals surface area contributed by atoms with Gasteiger partial charge in [-0.2, -0.15) is 0 Å². The second-order valence-corrected chi connectivity index (χ2v) is 3.62. The minimum absolute atomic E-state index is 0. The molecule has 1 fully saturated rings. The van der Waals surface area contributed by atoms with Gasteiger partial charge in [0.25, 0.3) is 5.56 Å². The Morgan fingerprint density at radius 3 is 2.72 bits per heavy atom. The summed E-state index contributed by atoms with van der Waals surface area (Å²) in [7, 11) is 0. The maximum absolute atomic E-state index is 11.4.